The van der Waals surface area contributed by atoms with Crippen LogP contribution in [0, 0.1) is 23.0 Å². The van der Waals surface area contributed by atoms with E-state index in [1.54, 1.807) is 7.11 Å². The minimum atomic E-state index is -0.752. The van der Waals surface area contributed by atoms with E-state index < -0.39 is 17.6 Å². The average molecular weight is 418 g/mol. The van der Waals surface area contributed by atoms with Crippen molar-refractivity contribution in [2.45, 2.75) is 19.3 Å². The Labute approximate surface area is 169 Å². The van der Waals surface area contributed by atoms with Crippen molar-refractivity contribution in [3.05, 3.63) is 29.8 Å². The summed E-state index contributed by atoms with van der Waals surface area (Å²) in [7, 11) is 1.65. The van der Waals surface area contributed by atoms with Crippen LogP contribution in [0.25, 0.3) is 0 Å². The van der Waals surface area contributed by atoms with Gasteiger partial charge >= 0.3 is 0 Å². The third-order valence-electron chi connectivity index (χ3n) is 5.41. The van der Waals surface area contributed by atoms with Crippen LogP contribution in [0.1, 0.15) is 19.3 Å². The van der Waals surface area contributed by atoms with E-state index in [1.165, 1.54) is 4.90 Å². The molecule has 2 aliphatic rings. The van der Waals surface area contributed by atoms with Gasteiger partial charge in [0.1, 0.15) is 11.6 Å². The summed E-state index contributed by atoms with van der Waals surface area (Å²) in [4.78, 5) is 26.1. The van der Waals surface area contributed by atoms with Gasteiger partial charge in [0, 0.05) is 43.8 Å². The van der Waals surface area contributed by atoms with E-state index >= 15 is 0 Å². The molecule has 0 spiro atoms. The monoisotopic (exact) mass is 417 g/mol. The maximum absolute atomic E-state index is 13.4. The molecule has 156 valence electrons. The first-order valence-corrected chi connectivity index (χ1v) is 9.16. The van der Waals surface area contributed by atoms with Crippen LogP contribution in [0.5, 0.6) is 0 Å². The van der Waals surface area contributed by atoms with E-state index in [0.29, 0.717) is 13.2 Å². The average Bonchev–Trinajstić information content (AvgIpc) is 3.02. The zero-order chi connectivity index (χ0) is 19.4. The molecule has 1 atom stereocenters. The molecule has 2 aliphatic heterocycles. The number of carbonyl (C=O) groups is 2. The number of methoxy groups -OCH3 is 1. The molecular formula is C19H26ClF2N3O3. The Morgan fingerprint density at radius 2 is 1.93 bits per heavy atom. The number of amides is 2. The van der Waals surface area contributed by atoms with Crippen LogP contribution in [0.4, 0.5) is 14.5 Å². The van der Waals surface area contributed by atoms with E-state index in [2.05, 4.69) is 10.6 Å². The van der Waals surface area contributed by atoms with Gasteiger partial charge in [0.25, 0.3) is 0 Å². The Bertz CT molecular complexity index is 688. The first kappa shape index (κ1) is 22.5. The SMILES string of the molecule is COCC1(CNC(=O)C2CC(=O)N(c3cc(F)cc(F)c3)C2)CCNCC1.Cl. The smallest absolute Gasteiger partial charge is 0.227 e. The third-order valence-corrected chi connectivity index (χ3v) is 5.41. The number of hydrogen-bond donors (Lipinski definition) is 2. The lowest BCUT2D eigenvalue weighted by Gasteiger charge is -2.37. The minimum absolute atomic E-state index is 0. The molecule has 2 saturated heterocycles. The van der Waals surface area contributed by atoms with Crippen molar-refractivity contribution in [2.75, 3.05) is 44.8 Å². The van der Waals surface area contributed by atoms with Crippen LogP contribution in [0.2, 0.25) is 0 Å². The molecule has 2 fully saturated rings. The summed E-state index contributed by atoms with van der Waals surface area (Å²) in [6.07, 6.45) is 1.83. The molecule has 0 saturated carbocycles. The number of rotatable bonds is 6. The molecular weight excluding hydrogens is 392 g/mol. The number of hydrogen-bond acceptors (Lipinski definition) is 4. The third kappa shape index (κ3) is 5.18. The molecule has 1 aromatic carbocycles. The number of ether oxygens (including phenoxy) is 1. The topological polar surface area (TPSA) is 70.7 Å². The quantitative estimate of drug-likeness (QED) is 0.741. The number of nitrogens with zero attached hydrogens (tertiary/aromatic N) is 1. The lowest BCUT2D eigenvalue weighted by molar-refractivity contribution is -0.127. The lowest BCUT2D eigenvalue weighted by atomic mass is 9.79. The molecule has 6 nitrogen and oxygen atoms in total. The van der Waals surface area contributed by atoms with Gasteiger partial charge in [-0.1, -0.05) is 0 Å². The number of nitrogens with one attached hydrogen (secondary N) is 2. The summed E-state index contributed by atoms with van der Waals surface area (Å²) in [6.45, 7) is 2.92. The summed E-state index contributed by atoms with van der Waals surface area (Å²) < 4.78 is 32.2. The Morgan fingerprint density at radius 3 is 2.54 bits per heavy atom. The zero-order valence-electron chi connectivity index (χ0n) is 15.8. The molecule has 0 aliphatic carbocycles. The predicted molar refractivity (Wildman–Crippen MR) is 103 cm³/mol. The van der Waals surface area contributed by atoms with Gasteiger partial charge < -0.3 is 20.3 Å². The van der Waals surface area contributed by atoms with Gasteiger partial charge in [-0.2, -0.15) is 0 Å². The van der Waals surface area contributed by atoms with Crippen molar-refractivity contribution in [3.63, 3.8) is 0 Å². The van der Waals surface area contributed by atoms with Crippen LogP contribution in [0.15, 0.2) is 18.2 Å². The van der Waals surface area contributed by atoms with E-state index in [-0.39, 0.29) is 48.3 Å². The summed E-state index contributed by atoms with van der Waals surface area (Å²) in [5.41, 5.74) is 0.0333. The first-order chi connectivity index (χ1) is 12.9. The summed E-state index contributed by atoms with van der Waals surface area (Å²) in [5, 5.41) is 6.26. The maximum Gasteiger partial charge on any atom is 0.227 e. The van der Waals surface area contributed by atoms with Gasteiger partial charge in [0.15, 0.2) is 0 Å². The van der Waals surface area contributed by atoms with Gasteiger partial charge in [0.05, 0.1) is 12.5 Å². The van der Waals surface area contributed by atoms with E-state index in [9.17, 15) is 18.4 Å². The fourth-order valence-corrected chi connectivity index (χ4v) is 3.88. The number of halogens is 3. The summed E-state index contributed by atoms with van der Waals surface area (Å²) in [5.74, 6) is -2.56. The van der Waals surface area contributed by atoms with Crippen molar-refractivity contribution < 1.29 is 23.1 Å². The molecule has 0 bridgehead atoms. The fourth-order valence-electron chi connectivity index (χ4n) is 3.88. The first-order valence-electron chi connectivity index (χ1n) is 9.16. The van der Waals surface area contributed by atoms with Crippen molar-refractivity contribution in [1.82, 2.24) is 10.6 Å². The van der Waals surface area contributed by atoms with Gasteiger partial charge in [-0.25, -0.2) is 8.78 Å². The van der Waals surface area contributed by atoms with Gasteiger partial charge in [-0.15, -0.1) is 12.4 Å². The zero-order valence-corrected chi connectivity index (χ0v) is 16.6. The molecule has 2 amide bonds. The highest BCUT2D eigenvalue weighted by Gasteiger charge is 2.37. The van der Waals surface area contributed by atoms with Gasteiger partial charge in [0.2, 0.25) is 11.8 Å². The molecule has 2 heterocycles. The largest absolute Gasteiger partial charge is 0.384 e. The Kier molecular flexibility index (Phi) is 7.74. The van der Waals surface area contributed by atoms with Gasteiger partial charge in [-0.05, 0) is 38.1 Å². The normalized spacial score (nSPS) is 21.3. The summed E-state index contributed by atoms with van der Waals surface area (Å²) >= 11 is 0. The highest BCUT2D eigenvalue weighted by Crippen LogP contribution is 2.30. The highest BCUT2D eigenvalue weighted by molar-refractivity contribution is 6.00. The highest BCUT2D eigenvalue weighted by atomic mass is 35.5. The number of carbonyl (C=O) groups excluding carboxylic acids is 2. The Morgan fingerprint density at radius 1 is 1.29 bits per heavy atom. The predicted octanol–water partition coefficient (Wildman–Crippen LogP) is 1.87. The minimum Gasteiger partial charge on any atom is -0.384 e. The van der Waals surface area contributed by atoms with Gasteiger partial charge in [-0.3, -0.25) is 9.59 Å². The molecule has 28 heavy (non-hydrogen) atoms. The number of benzene rings is 1. The van der Waals surface area contributed by atoms with Crippen molar-refractivity contribution in [1.29, 1.82) is 0 Å². The van der Waals surface area contributed by atoms with E-state index in [0.717, 1.165) is 44.1 Å². The van der Waals surface area contributed by atoms with Crippen LogP contribution in [0.3, 0.4) is 0 Å². The van der Waals surface area contributed by atoms with Crippen LogP contribution >= 0.6 is 12.4 Å². The lowest BCUT2D eigenvalue weighted by Crippen LogP contribution is -2.48. The molecule has 2 N–H and O–H groups in total. The Hall–Kier alpha value is -1.77. The number of anilines is 1. The summed E-state index contributed by atoms with van der Waals surface area (Å²) in [6, 6.07) is 2.95. The Balaban J connectivity index is 0.00000280. The van der Waals surface area contributed by atoms with Crippen LogP contribution in [-0.4, -0.2) is 51.7 Å². The molecule has 1 unspecified atom stereocenters. The number of piperidine rings is 1. The maximum atomic E-state index is 13.4. The van der Waals surface area contributed by atoms with Crippen molar-refractivity contribution in [2.24, 2.45) is 11.3 Å². The van der Waals surface area contributed by atoms with E-state index in [4.69, 9.17) is 4.74 Å². The van der Waals surface area contributed by atoms with Crippen molar-refractivity contribution in [3.8, 4) is 0 Å². The van der Waals surface area contributed by atoms with Crippen LogP contribution in [-0.2, 0) is 14.3 Å². The fraction of sp³-hybridized carbons (Fsp3) is 0.579. The standard InChI is InChI=1S/C19H25F2N3O3.ClH/c1-27-12-19(2-4-22-5-3-19)11-23-18(26)13-6-17(25)24(10-13)16-8-14(20)7-15(21)9-16;/h7-9,13,22H,2-6,10-12H2,1H3,(H,23,26);1H. The molecule has 3 rings (SSSR count). The second-order valence-electron chi connectivity index (χ2n) is 7.43. The molecule has 9 heteroatoms. The second-order valence-corrected chi connectivity index (χ2v) is 7.43. The molecule has 0 aromatic heterocycles. The molecule has 0 radical (unpaired) electrons. The second kappa shape index (κ2) is 9.62. The van der Waals surface area contributed by atoms with E-state index in [1.807, 2.05) is 0 Å². The van der Waals surface area contributed by atoms with Crippen LogP contribution < -0.4 is 15.5 Å². The van der Waals surface area contributed by atoms with Crippen molar-refractivity contribution >= 4 is 29.9 Å². The molecule has 1 aromatic rings.